The third kappa shape index (κ3) is 7.34. The Morgan fingerprint density at radius 2 is 1.93 bits per heavy atom. The molecule has 86 valence electrons. The second-order valence-corrected chi connectivity index (χ2v) is 4.04. The number of nitrogens with one attached hydrogen (secondary N) is 1. The molecule has 2 unspecified atom stereocenters. The molecule has 2 atom stereocenters. The van der Waals surface area contributed by atoms with E-state index in [-0.39, 0.29) is 0 Å². The van der Waals surface area contributed by atoms with E-state index in [2.05, 4.69) is 33.0 Å². The molecular formula is C12H27NO. The minimum Gasteiger partial charge on any atom is -0.380 e. The van der Waals surface area contributed by atoms with Crippen LogP contribution in [0.5, 0.6) is 0 Å². The third-order valence-electron chi connectivity index (χ3n) is 2.48. The maximum atomic E-state index is 5.46. The molecule has 0 saturated heterocycles. The molecule has 0 fully saturated rings. The smallest absolute Gasteiger partial charge is 0.0619 e. The summed E-state index contributed by atoms with van der Waals surface area (Å²) in [6, 6.07) is 0.543. The van der Waals surface area contributed by atoms with E-state index in [0.29, 0.717) is 6.04 Å². The maximum absolute atomic E-state index is 5.46. The number of ether oxygens (including phenoxy) is 1. The summed E-state index contributed by atoms with van der Waals surface area (Å²) in [5, 5.41) is 3.48. The van der Waals surface area contributed by atoms with Crippen molar-refractivity contribution in [1.29, 1.82) is 0 Å². The van der Waals surface area contributed by atoms with Gasteiger partial charge in [-0.1, -0.05) is 33.6 Å². The van der Waals surface area contributed by atoms with Crippen LogP contribution >= 0.6 is 0 Å². The molecule has 0 amide bonds. The molecule has 0 aromatic carbocycles. The van der Waals surface area contributed by atoms with Gasteiger partial charge in [-0.05, 0) is 25.8 Å². The predicted molar refractivity (Wildman–Crippen MR) is 62.6 cm³/mol. The number of rotatable bonds is 9. The van der Waals surface area contributed by atoms with Gasteiger partial charge in [-0.2, -0.15) is 0 Å². The van der Waals surface area contributed by atoms with Crippen molar-refractivity contribution in [2.24, 2.45) is 5.92 Å². The Hall–Kier alpha value is -0.0800. The standard InChI is InChI=1S/C12H27NO/c1-5-8-11(4)9-12(13-6-2)10-14-7-3/h11-13H,5-10H2,1-4H3. The molecular weight excluding hydrogens is 174 g/mol. The first-order valence-electron chi connectivity index (χ1n) is 6.05. The van der Waals surface area contributed by atoms with Crippen LogP contribution in [0.25, 0.3) is 0 Å². The average molecular weight is 201 g/mol. The lowest BCUT2D eigenvalue weighted by atomic mass is 9.97. The van der Waals surface area contributed by atoms with Crippen molar-refractivity contribution in [1.82, 2.24) is 5.32 Å². The fourth-order valence-corrected chi connectivity index (χ4v) is 1.86. The molecule has 0 aromatic rings. The second-order valence-electron chi connectivity index (χ2n) is 4.04. The third-order valence-corrected chi connectivity index (χ3v) is 2.48. The molecule has 14 heavy (non-hydrogen) atoms. The Kier molecular flexibility index (Phi) is 9.42. The van der Waals surface area contributed by atoms with Crippen molar-refractivity contribution in [3.05, 3.63) is 0 Å². The highest BCUT2D eigenvalue weighted by Crippen LogP contribution is 2.12. The van der Waals surface area contributed by atoms with Crippen molar-refractivity contribution in [2.45, 2.75) is 53.0 Å². The van der Waals surface area contributed by atoms with E-state index in [1.807, 2.05) is 0 Å². The minimum absolute atomic E-state index is 0.543. The van der Waals surface area contributed by atoms with Crippen LogP contribution in [0.15, 0.2) is 0 Å². The summed E-state index contributed by atoms with van der Waals surface area (Å²) >= 11 is 0. The van der Waals surface area contributed by atoms with Gasteiger partial charge in [0.25, 0.3) is 0 Å². The zero-order valence-electron chi connectivity index (χ0n) is 10.3. The fraction of sp³-hybridized carbons (Fsp3) is 1.00. The Labute approximate surface area is 89.4 Å². The summed E-state index contributed by atoms with van der Waals surface area (Å²) < 4.78 is 5.46. The molecule has 0 aliphatic heterocycles. The van der Waals surface area contributed by atoms with E-state index in [1.54, 1.807) is 0 Å². The highest BCUT2D eigenvalue weighted by Gasteiger charge is 2.11. The van der Waals surface area contributed by atoms with E-state index in [0.717, 1.165) is 25.7 Å². The topological polar surface area (TPSA) is 21.3 Å². The van der Waals surface area contributed by atoms with Crippen LogP contribution in [0.3, 0.4) is 0 Å². The number of hydrogen-bond acceptors (Lipinski definition) is 2. The summed E-state index contributed by atoms with van der Waals surface area (Å²) in [7, 11) is 0. The van der Waals surface area contributed by atoms with Gasteiger partial charge < -0.3 is 10.1 Å². The van der Waals surface area contributed by atoms with E-state index < -0.39 is 0 Å². The van der Waals surface area contributed by atoms with Crippen LogP contribution in [0, 0.1) is 5.92 Å². The van der Waals surface area contributed by atoms with Crippen molar-refractivity contribution < 1.29 is 4.74 Å². The zero-order chi connectivity index (χ0) is 10.8. The number of likely N-dealkylation sites (N-methyl/N-ethyl adjacent to an activating group) is 1. The van der Waals surface area contributed by atoms with Crippen LogP contribution in [0.2, 0.25) is 0 Å². The van der Waals surface area contributed by atoms with Crippen molar-refractivity contribution in [3.63, 3.8) is 0 Å². The first kappa shape index (κ1) is 13.9. The molecule has 0 radical (unpaired) electrons. The molecule has 0 saturated carbocycles. The quantitative estimate of drug-likeness (QED) is 0.619. The largest absolute Gasteiger partial charge is 0.380 e. The summed E-state index contributed by atoms with van der Waals surface area (Å²) in [5.74, 6) is 0.810. The van der Waals surface area contributed by atoms with Gasteiger partial charge in [0.05, 0.1) is 6.61 Å². The van der Waals surface area contributed by atoms with E-state index >= 15 is 0 Å². The SMILES string of the molecule is CCCC(C)CC(COCC)NCC. The van der Waals surface area contributed by atoms with Gasteiger partial charge in [0.15, 0.2) is 0 Å². The lowest BCUT2D eigenvalue weighted by Gasteiger charge is -2.21. The van der Waals surface area contributed by atoms with Crippen LogP contribution in [-0.4, -0.2) is 25.8 Å². The van der Waals surface area contributed by atoms with Gasteiger partial charge in [-0.15, -0.1) is 0 Å². The fourth-order valence-electron chi connectivity index (χ4n) is 1.86. The Balaban J connectivity index is 3.69. The minimum atomic E-state index is 0.543. The Morgan fingerprint density at radius 1 is 1.21 bits per heavy atom. The van der Waals surface area contributed by atoms with Crippen LogP contribution in [0.1, 0.15) is 47.0 Å². The van der Waals surface area contributed by atoms with Gasteiger partial charge in [-0.3, -0.25) is 0 Å². The van der Waals surface area contributed by atoms with E-state index in [9.17, 15) is 0 Å². The molecule has 2 heteroatoms. The van der Waals surface area contributed by atoms with E-state index in [4.69, 9.17) is 4.74 Å². The van der Waals surface area contributed by atoms with Gasteiger partial charge in [0, 0.05) is 12.6 Å². The molecule has 0 aliphatic rings. The summed E-state index contributed by atoms with van der Waals surface area (Å²) in [6.45, 7) is 11.5. The Morgan fingerprint density at radius 3 is 2.43 bits per heavy atom. The molecule has 0 aromatic heterocycles. The summed E-state index contributed by atoms with van der Waals surface area (Å²) in [4.78, 5) is 0. The summed E-state index contributed by atoms with van der Waals surface area (Å²) in [6.07, 6.45) is 3.85. The monoisotopic (exact) mass is 201 g/mol. The second kappa shape index (κ2) is 9.47. The number of hydrogen-bond donors (Lipinski definition) is 1. The van der Waals surface area contributed by atoms with Crippen molar-refractivity contribution in [3.8, 4) is 0 Å². The van der Waals surface area contributed by atoms with Crippen molar-refractivity contribution in [2.75, 3.05) is 19.8 Å². The lowest BCUT2D eigenvalue weighted by Crippen LogP contribution is -2.34. The Bertz CT molecular complexity index is 117. The molecule has 0 rings (SSSR count). The van der Waals surface area contributed by atoms with Crippen LogP contribution < -0.4 is 5.32 Å². The summed E-state index contributed by atoms with van der Waals surface area (Å²) in [5.41, 5.74) is 0. The van der Waals surface area contributed by atoms with Gasteiger partial charge >= 0.3 is 0 Å². The molecule has 0 heterocycles. The van der Waals surface area contributed by atoms with Crippen LogP contribution in [-0.2, 0) is 4.74 Å². The highest BCUT2D eigenvalue weighted by molar-refractivity contribution is 4.68. The molecule has 0 spiro atoms. The van der Waals surface area contributed by atoms with Crippen molar-refractivity contribution >= 4 is 0 Å². The van der Waals surface area contributed by atoms with E-state index in [1.165, 1.54) is 19.3 Å². The highest BCUT2D eigenvalue weighted by atomic mass is 16.5. The van der Waals surface area contributed by atoms with Crippen LogP contribution in [0.4, 0.5) is 0 Å². The molecule has 2 nitrogen and oxygen atoms in total. The first-order valence-corrected chi connectivity index (χ1v) is 6.05. The molecule has 0 aliphatic carbocycles. The molecule has 1 N–H and O–H groups in total. The predicted octanol–water partition coefficient (Wildman–Crippen LogP) is 2.83. The average Bonchev–Trinajstić information content (AvgIpc) is 2.15. The lowest BCUT2D eigenvalue weighted by molar-refractivity contribution is 0.115. The van der Waals surface area contributed by atoms with Gasteiger partial charge in [-0.25, -0.2) is 0 Å². The normalized spacial score (nSPS) is 15.4. The first-order chi connectivity index (χ1) is 6.74. The zero-order valence-corrected chi connectivity index (χ0v) is 10.3. The van der Waals surface area contributed by atoms with Gasteiger partial charge in [0.1, 0.15) is 0 Å². The van der Waals surface area contributed by atoms with Gasteiger partial charge in [0.2, 0.25) is 0 Å². The maximum Gasteiger partial charge on any atom is 0.0619 e. The molecule has 0 bridgehead atoms.